The van der Waals surface area contributed by atoms with E-state index in [0.717, 1.165) is 48.9 Å². The molecule has 0 aromatic heterocycles. The Morgan fingerprint density at radius 3 is 2.63 bits per heavy atom. The van der Waals surface area contributed by atoms with Crippen LogP contribution in [0.2, 0.25) is 0 Å². The van der Waals surface area contributed by atoms with E-state index in [0.29, 0.717) is 24.0 Å². The largest absolute Gasteiger partial charge is 0.458 e. The Balaban J connectivity index is 1.33. The Bertz CT molecular complexity index is 827. The van der Waals surface area contributed by atoms with Crippen molar-refractivity contribution in [2.24, 2.45) is 52.3 Å². The minimum atomic E-state index is -0.131. The van der Waals surface area contributed by atoms with Gasteiger partial charge in [0.05, 0.1) is 0 Å². The average molecular weight is 367 g/mol. The summed E-state index contributed by atoms with van der Waals surface area (Å²) in [4.78, 5) is 24.3. The summed E-state index contributed by atoms with van der Waals surface area (Å²) in [5.74, 6) is 5.65. The van der Waals surface area contributed by atoms with Gasteiger partial charge in [-0.15, -0.1) is 0 Å². The second kappa shape index (κ2) is 4.39. The first-order valence-electron chi connectivity index (χ1n) is 11.4. The summed E-state index contributed by atoms with van der Waals surface area (Å²) < 4.78 is 6.22. The van der Waals surface area contributed by atoms with Crippen LogP contribution in [-0.4, -0.2) is 17.4 Å². The average Bonchev–Trinajstić information content (AvgIpc) is 3.53. The van der Waals surface area contributed by atoms with Crippen LogP contribution >= 0.6 is 0 Å². The van der Waals surface area contributed by atoms with Crippen molar-refractivity contribution in [3.05, 3.63) is 11.6 Å². The van der Waals surface area contributed by atoms with Crippen LogP contribution in [0.15, 0.2) is 11.6 Å². The highest BCUT2D eigenvalue weighted by Crippen LogP contribution is 2.82. The molecule has 7 rings (SSSR count). The quantitative estimate of drug-likeness (QED) is 0.600. The molecule has 0 aromatic rings. The van der Waals surface area contributed by atoms with Gasteiger partial charge >= 0.3 is 5.97 Å². The van der Waals surface area contributed by atoms with Crippen molar-refractivity contribution >= 4 is 11.8 Å². The smallest absolute Gasteiger partial charge is 0.306 e. The van der Waals surface area contributed by atoms with E-state index in [1.54, 1.807) is 0 Å². The fraction of sp³-hybridized carbons (Fsp3) is 0.833. The van der Waals surface area contributed by atoms with Gasteiger partial charge < -0.3 is 4.74 Å². The fourth-order valence-corrected chi connectivity index (χ4v) is 9.74. The van der Waals surface area contributed by atoms with E-state index in [1.807, 2.05) is 0 Å². The van der Waals surface area contributed by atoms with E-state index in [4.69, 9.17) is 4.74 Å². The zero-order valence-corrected chi connectivity index (χ0v) is 16.5. The van der Waals surface area contributed by atoms with E-state index < -0.39 is 0 Å². The lowest BCUT2D eigenvalue weighted by atomic mass is 9.45. The van der Waals surface area contributed by atoms with Crippen molar-refractivity contribution in [2.45, 2.75) is 70.8 Å². The normalized spacial score (nSPS) is 62.0. The Labute approximate surface area is 161 Å². The molecule has 1 saturated heterocycles. The number of carbonyl (C=O) groups excluding carboxylic acids is 2. The first kappa shape index (κ1) is 15.8. The van der Waals surface area contributed by atoms with Gasteiger partial charge in [0.1, 0.15) is 5.60 Å². The molecule has 5 saturated carbocycles. The van der Waals surface area contributed by atoms with Gasteiger partial charge in [0.15, 0.2) is 5.78 Å². The monoisotopic (exact) mass is 366 g/mol. The van der Waals surface area contributed by atoms with Crippen LogP contribution in [-0.2, 0) is 14.3 Å². The molecule has 3 nitrogen and oxygen atoms in total. The van der Waals surface area contributed by atoms with E-state index in [9.17, 15) is 9.59 Å². The van der Waals surface area contributed by atoms with Crippen LogP contribution in [0, 0.1) is 52.3 Å². The number of allylic oxidation sites excluding steroid dienone is 1. The second-order valence-electron chi connectivity index (χ2n) is 11.5. The van der Waals surface area contributed by atoms with Crippen molar-refractivity contribution < 1.29 is 14.3 Å². The lowest BCUT2D eigenvalue weighted by Crippen LogP contribution is -2.57. The Kier molecular flexibility index (Phi) is 2.56. The van der Waals surface area contributed by atoms with Gasteiger partial charge in [-0.1, -0.05) is 19.4 Å². The number of ketones is 1. The molecule has 3 heteroatoms. The van der Waals surface area contributed by atoms with Gasteiger partial charge in [-0.3, -0.25) is 9.59 Å². The molecule has 27 heavy (non-hydrogen) atoms. The van der Waals surface area contributed by atoms with Crippen LogP contribution in [0.1, 0.15) is 65.2 Å². The van der Waals surface area contributed by atoms with Crippen molar-refractivity contribution in [3.63, 3.8) is 0 Å². The number of fused-ring (bicyclic) bond motifs is 12. The summed E-state index contributed by atoms with van der Waals surface area (Å²) in [6.07, 6.45) is 10.6. The maximum atomic E-state index is 12.2. The number of hydrogen-bond acceptors (Lipinski definition) is 3. The Morgan fingerprint density at radius 2 is 1.85 bits per heavy atom. The zero-order valence-electron chi connectivity index (χ0n) is 16.5. The third-order valence-electron chi connectivity index (χ3n) is 10.9. The van der Waals surface area contributed by atoms with Gasteiger partial charge in [-0.25, -0.2) is 0 Å². The molecule has 0 aromatic carbocycles. The SMILES string of the molecule is CC12CCC3[C@@H]([C@H]4C[C@H]4C4=CC(=O)CC[C@@]43C)[C@@H]1[C@@H]1C[C@@H]1[C@@]21CCC(=O)O1. The van der Waals surface area contributed by atoms with E-state index in [2.05, 4.69) is 19.9 Å². The first-order chi connectivity index (χ1) is 12.9. The van der Waals surface area contributed by atoms with Crippen molar-refractivity contribution in [1.29, 1.82) is 0 Å². The van der Waals surface area contributed by atoms with E-state index >= 15 is 0 Å². The van der Waals surface area contributed by atoms with Gasteiger partial charge in [0, 0.05) is 24.2 Å². The van der Waals surface area contributed by atoms with Crippen molar-refractivity contribution in [3.8, 4) is 0 Å². The molecule has 1 heterocycles. The molecular formula is C24H30O3. The number of esters is 1. The minimum absolute atomic E-state index is 0.0561. The number of rotatable bonds is 0. The fourth-order valence-electron chi connectivity index (χ4n) is 9.74. The summed E-state index contributed by atoms with van der Waals surface area (Å²) in [6.45, 7) is 4.99. The lowest BCUT2D eigenvalue weighted by molar-refractivity contribution is -0.177. The molecule has 2 unspecified atom stereocenters. The van der Waals surface area contributed by atoms with Crippen LogP contribution in [0.25, 0.3) is 0 Å². The van der Waals surface area contributed by atoms with Crippen molar-refractivity contribution in [2.75, 3.05) is 0 Å². The number of carbonyl (C=O) groups is 2. The third kappa shape index (κ3) is 1.58. The Hall–Kier alpha value is -1.12. The van der Waals surface area contributed by atoms with E-state index in [1.165, 1.54) is 31.3 Å². The standard InChI is InChI=1S/C24H30O3/c1-22-6-3-12(25)9-17(22)13-10-14(13)20-16(22)4-7-23(2)21(20)15-11-18(15)24(23)8-5-19(26)27-24/h9,13-16,18,20-21H,3-8,10-11H2,1-2H3/t13-,14+,15-,16?,18+,20-,21+,22-,23?,24+/m1/s1. The summed E-state index contributed by atoms with van der Waals surface area (Å²) in [7, 11) is 0. The topological polar surface area (TPSA) is 43.4 Å². The maximum Gasteiger partial charge on any atom is 0.306 e. The minimum Gasteiger partial charge on any atom is -0.458 e. The van der Waals surface area contributed by atoms with E-state index in [-0.39, 0.29) is 22.4 Å². The molecule has 1 spiro atoms. The molecule has 6 fully saturated rings. The Morgan fingerprint density at radius 1 is 1.00 bits per heavy atom. The van der Waals surface area contributed by atoms with Crippen LogP contribution in [0.3, 0.4) is 0 Å². The molecule has 0 radical (unpaired) electrons. The van der Waals surface area contributed by atoms with Crippen LogP contribution < -0.4 is 0 Å². The zero-order chi connectivity index (χ0) is 18.3. The summed E-state index contributed by atoms with van der Waals surface area (Å²) in [5.41, 5.74) is 1.85. The molecule has 0 bridgehead atoms. The lowest BCUT2D eigenvalue weighted by Gasteiger charge is -2.60. The highest BCUT2D eigenvalue weighted by Gasteiger charge is 2.81. The molecule has 6 aliphatic carbocycles. The predicted molar refractivity (Wildman–Crippen MR) is 99.5 cm³/mol. The first-order valence-corrected chi connectivity index (χ1v) is 11.4. The van der Waals surface area contributed by atoms with Gasteiger partial charge in [0.2, 0.25) is 0 Å². The predicted octanol–water partition coefficient (Wildman–Crippen LogP) is 4.31. The molecule has 0 N–H and O–H groups in total. The highest BCUT2D eigenvalue weighted by atomic mass is 16.6. The van der Waals surface area contributed by atoms with Gasteiger partial charge in [-0.05, 0) is 85.5 Å². The molecule has 144 valence electrons. The van der Waals surface area contributed by atoms with Gasteiger partial charge in [-0.2, -0.15) is 0 Å². The van der Waals surface area contributed by atoms with Crippen LogP contribution in [0.5, 0.6) is 0 Å². The summed E-state index contributed by atoms with van der Waals surface area (Å²) in [6, 6.07) is 0. The maximum absolute atomic E-state index is 12.2. The van der Waals surface area contributed by atoms with Gasteiger partial charge in [0.25, 0.3) is 0 Å². The molecule has 1 aliphatic heterocycles. The number of ether oxygens (including phenoxy) is 1. The van der Waals surface area contributed by atoms with Crippen molar-refractivity contribution in [1.82, 2.24) is 0 Å². The summed E-state index contributed by atoms with van der Waals surface area (Å²) >= 11 is 0. The third-order valence-corrected chi connectivity index (χ3v) is 10.9. The summed E-state index contributed by atoms with van der Waals surface area (Å²) in [5, 5.41) is 0. The number of hydrogen-bond donors (Lipinski definition) is 0. The highest BCUT2D eigenvalue weighted by molar-refractivity contribution is 5.92. The molecular weight excluding hydrogens is 336 g/mol. The molecule has 10 atom stereocenters. The molecule has 7 aliphatic rings. The second-order valence-corrected chi connectivity index (χ2v) is 11.5. The molecule has 0 amide bonds. The van der Waals surface area contributed by atoms with Crippen LogP contribution in [0.4, 0.5) is 0 Å².